The molecule has 1 fully saturated rings. The summed E-state index contributed by atoms with van der Waals surface area (Å²) in [6, 6.07) is 7.47. The normalized spacial score (nSPS) is 19.0. The SMILES string of the molecule is CCNC(Cc1cccc(F)c1)C(C)C1CC1. The van der Waals surface area contributed by atoms with Crippen molar-refractivity contribution in [2.45, 2.75) is 39.2 Å². The molecule has 2 unspecified atom stereocenters. The maximum Gasteiger partial charge on any atom is 0.123 e. The van der Waals surface area contributed by atoms with Gasteiger partial charge in [-0.15, -0.1) is 0 Å². The lowest BCUT2D eigenvalue weighted by Gasteiger charge is -2.25. The third-order valence-corrected chi connectivity index (χ3v) is 3.81. The molecule has 1 aromatic rings. The molecule has 1 aliphatic rings. The Morgan fingerprint density at radius 2 is 2.18 bits per heavy atom. The molecule has 2 heteroatoms. The van der Waals surface area contributed by atoms with Crippen LogP contribution in [0.5, 0.6) is 0 Å². The lowest BCUT2D eigenvalue weighted by molar-refractivity contribution is 0.344. The summed E-state index contributed by atoms with van der Waals surface area (Å²) < 4.78 is 13.2. The van der Waals surface area contributed by atoms with Crippen molar-refractivity contribution in [1.29, 1.82) is 0 Å². The van der Waals surface area contributed by atoms with Gasteiger partial charge in [0.15, 0.2) is 0 Å². The Balaban J connectivity index is 2.01. The van der Waals surface area contributed by atoms with Gasteiger partial charge in [0.2, 0.25) is 0 Å². The van der Waals surface area contributed by atoms with E-state index in [1.165, 1.54) is 18.9 Å². The maximum atomic E-state index is 13.2. The van der Waals surface area contributed by atoms with Gasteiger partial charge in [-0.25, -0.2) is 4.39 Å². The van der Waals surface area contributed by atoms with Crippen molar-refractivity contribution >= 4 is 0 Å². The van der Waals surface area contributed by atoms with E-state index in [1.807, 2.05) is 6.07 Å². The molecule has 0 spiro atoms. The predicted octanol–water partition coefficient (Wildman–Crippen LogP) is 3.39. The molecule has 2 atom stereocenters. The fraction of sp³-hybridized carbons (Fsp3) is 0.600. The number of likely N-dealkylation sites (N-methyl/N-ethyl adjacent to an activating group) is 1. The fourth-order valence-corrected chi connectivity index (χ4v) is 2.57. The van der Waals surface area contributed by atoms with Crippen LogP contribution in [-0.4, -0.2) is 12.6 Å². The zero-order valence-electron chi connectivity index (χ0n) is 10.7. The van der Waals surface area contributed by atoms with Gasteiger partial charge in [0.05, 0.1) is 0 Å². The lowest BCUT2D eigenvalue weighted by Crippen LogP contribution is -2.37. The number of nitrogens with one attached hydrogen (secondary N) is 1. The van der Waals surface area contributed by atoms with Gasteiger partial charge >= 0.3 is 0 Å². The summed E-state index contributed by atoms with van der Waals surface area (Å²) in [6.07, 6.45) is 3.67. The lowest BCUT2D eigenvalue weighted by atomic mass is 9.91. The van der Waals surface area contributed by atoms with E-state index in [4.69, 9.17) is 0 Å². The maximum absolute atomic E-state index is 13.2. The summed E-state index contributed by atoms with van der Waals surface area (Å²) in [5.74, 6) is 1.45. The zero-order chi connectivity index (χ0) is 12.3. The van der Waals surface area contributed by atoms with Crippen molar-refractivity contribution in [3.63, 3.8) is 0 Å². The monoisotopic (exact) mass is 235 g/mol. The first-order valence-corrected chi connectivity index (χ1v) is 6.68. The van der Waals surface area contributed by atoms with Crippen LogP contribution in [0, 0.1) is 17.7 Å². The van der Waals surface area contributed by atoms with Gasteiger partial charge in [-0.05, 0) is 55.3 Å². The Labute approximate surface area is 103 Å². The Bertz CT molecular complexity index is 360. The van der Waals surface area contributed by atoms with Gasteiger partial charge in [0.1, 0.15) is 5.82 Å². The van der Waals surface area contributed by atoms with Gasteiger partial charge in [-0.3, -0.25) is 0 Å². The van der Waals surface area contributed by atoms with E-state index in [2.05, 4.69) is 19.2 Å². The van der Waals surface area contributed by atoms with E-state index in [0.29, 0.717) is 12.0 Å². The van der Waals surface area contributed by atoms with Crippen LogP contribution in [0.15, 0.2) is 24.3 Å². The molecule has 0 aromatic heterocycles. The zero-order valence-corrected chi connectivity index (χ0v) is 10.7. The summed E-state index contributed by atoms with van der Waals surface area (Å²) >= 11 is 0. The molecule has 0 heterocycles. The minimum Gasteiger partial charge on any atom is -0.314 e. The minimum absolute atomic E-state index is 0.128. The highest BCUT2D eigenvalue weighted by Gasteiger charge is 2.32. The number of hydrogen-bond acceptors (Lipinski definition) is 1. The van der Waals surface area contributed by atoms with Crippen molar-refractivity contribution in [3.8, 4) is 0 Å². The van der Waals surface area contributed by atoms with Crippen LogP contribution in [0.3, 0.4) is 0 Å². The Morgan fingerprint density at radius 3 is 2.76 bits per heavy atom. The van der Waals surface area contributed by atoms with Gasteiger partial charge < -0.3 is 5.32 Å². The second-order valence-electron chi connectivity index (χ2n) is 5.19. The van der Waals surface area contributed by atoms with E-state index in [0.717, 1.165) is 24.4 Å². The van der Waals surface area contributed by atoms with Crippen molar-refractivity contribution in [2.75, 3.05) is 6.54 Å². The topological polar surface area (TPSA) is 12.0 Å². The molecule has 94 valence electrons. The second kappa shape index (κ2) is 5.63. The molecule has 0 aliphatic heterocycles. The summed E-state index contributed by atoms with van der Waals surface area (Å²) in [4.78, 5) is 0. The summed E-state index contributed by atoms with van der Waals surface area (Å²) in [6.45, 7) is 5.44. The van der Waals surface area contributed by atoms with E-state index < -0.39 is 0 Å². The number of hydrogen-bond donors (Lipinski definition) is 1. The highest BCUT2D eigenvalue weighted by atomic mass is 19.1. The predicted molar refractivity (Wildman–Crippen MR) is 69.5 cm³/mol. The smallest absolute Gasteiger partial charge is 0.123 e. The first kappa shape index (κ1) is 12.6. The number of halogens is 1. The van der Waals surface area contributed by atoms with Gasteiger partial charge in [0, 0.05) is 6.04 Å². The van der Waals surface area contributed by atoms with E-state index >= 15 is 0 Å². The molecule has 17 heavy (non-hydrogen) atoms. The van der Waals surface area contributed by atoms with Crippen LogP contribution in [0.1, 0.15) is 32.3 Å². The fourth-order valence-electron chi connectivity index (χ4n) is 2.57. The van der Waals surface area contributed by atoms with Gasteiger partial charge in [0.25, 0.3) is 0 Å². The van der Waals surface area contributed by atoms with Crippen LogP contribution in [0.2, 0.25) is 0 Å². The first-order chi connectivity index (χ1) is 8.20. The summed E-state index contributed by atoms with van der Waals surface area (Å²) in [7, 11) is 0. The summed E-state index contributed by atoms with van der Waals surface area (Å²) in [5.41, 5.74) is 1.10. The van der Waals surface area contributed by atoms with Crippen molar-refractivity contribution in [3.05, 3.63) is 35.6 Å². The molecular formula is C15H22FN. The van der Waals surface area contributed by atoms with E-state index in [9.17, 15) is 4.39 Å². The minimum atomic E-state index is -0.128. The third-order valence-electron chi connectivity index (χ3n) is 3.81. The average Bonchev–Trinajstić information content (AvgIpc) is 3.11. The summed E-state index contributed by atoms with van der Waals surface area (Å²) in [5, 5.41) is 3.55. The van der Waals surface area contributed by atoms with Crippen LogP contribution < -0.4 is 5.32 Å². The largest absolute Gasteiger partial charge is 0.314 e. The van der Waals surface area contributed by atoms with Crippen LogP contribution in [0.25, 0.3) is 0 Å². The van der Waals surface area contributed by atoms with Gasteiger partial charge in [-0.2, -0.15) is 0 Å². The third kappa shape index (κ3) is 3.53. The molecule has 0 saturated heterocycles. The molecule has 0 amide bonds. The van der Waals surface area contributed by atoms with Crippen molar-refractivity contribution in [1.82, 2.24) is 5.32 Å². The number of rotatable bonds is 6. The molecule has 1 saturated carbocycles. The quantitative estimate of drug-likeness (QED) is 0.797. The molecule has 0 radical (unpaired) electrons. The van der Waals surface area contributed by atoms with E-state index in [-0.39, 0.29) is 5.82 Å². The first-order valence-electron chi connectivity index (χ1n) is 6.68. The standard InChI is InChI=1S/C15H22FN/c1-3-17-15(11(2)13-7-8-13)10-12-5-4-6-14(16)9-12/h4-6,9,11,13,15,17H,3,7-8,10H2,1-2H3. The highest BCUT2D eigenvalue weighted by Crippen LogP contribution is 2.38. The Hall–Kier alpha value is -0.890. The second-order valence-corrected chi connectivity index (χ2v) is 5.19. The van der Waals surface area contributed by atoms with E-state index in [1.54, 1.807) is 12.1 Å². The average molecular weight is 235 g/mol. The molecule has 0 bridgehead atoms. The molecule has 2 rings (SSSR count). The van der Waals surface area contributed by atoms with Crippen LogP contribution in [0.4, 0.5) is 4.39 Å². The van der Waals surface area contributed by atoms with Crippen LogP contribution in [-0.2, 0) is 6.42 Å². The molecule has 1 aromatic carbocycles. The highest BCUT2D eigenvalue weighted by molar-refractivity contribution is 5.17. The van der Waals surface area contributed by atoms with Crippen molar-refractivity contribution < 1.29 is 4.39 Å². The Morgan fingerprint density at radius 1 is 1.41 bits per heavy atom. The van der Waals surface area contributed by atoms with Gasteiger partial charge in [-0.1, -0.05) is 26.0 Å². The molecule has 1 N–H and O–H groups in total. The molecule has 1 aliphatic carbocycles. The number of benzene rings is 1. The Kier molecular flexibility index (Phi) is 4.16. The molecular weight excluding hydrogens is 213 g/mol. The van der Waals surface area contributed by atoms with Crippen LogP contribution >= 0.6 is 0 Å². The molecule has 1 nitrogen and oxygen atoms in total. The van der Waals surface area contributed by atoms with Crippen molar-refractivity contribution in [2.24, 2.45) is 11.8 Å².